The summed E-state index contributed by atoms with van der Waals surface area (Å²) in [7, 11) is 0. The van der Waals surface area contributed by atoms with E-state index in [-0.39, 0.29) is 0 Å². The number of thiocarbonyl (C=S) groups is 1. The molecule has 0 amide bonds. The molecule has 0 unspecified atom stereocenters. The molecule has 2 N–H and O–H groups in total. The van der Waals surface area contributed by atoms with Crippen molar-refractivity contribution in [1.29, 1.82) is 0 Å². The number of hydrogen-bond donors (Lipinski definition) is 2. The maximum absolute atomic E-state index is 5.50. The quantitative estimate of drug-likeness (QED) is 0.739. The van der Waals surface area contributed by atoms with Gasteiger partial charge in [-0.15, -0.1) is 0 Å². The molecule has 1 aromatic rings. The van der Waals surface area contributed by atoms with Crippen molar-refractivity contribution in [2.45, 2.75) is 31.7 Å². The van der Waals surface area contributed by atoms with Gasteiger partial charge in [0.25, 0.3) is 0 Å². The van der Waals surface area contributed by atoms with Crippen LogP contribution in [0.4, 0.5) is 17.6 Å². The maximum Gasteiger partial charge on any atom is 0.232 e. The molecular formula is C18H28N6O2S. The smallest absolute Gasteiger partial charge is 0.232 e. The van der Waals surface area contributed by atoms with Crippen LogP contribution in [-0.2, 0) is 9.47 Å². The van der Waals surface area contributed by atoms with Crippen LogP contribution in [-0.4, -0.2) is 73.7 Å². The average Bonchev–Trinajstić information content (AvgIpc) is 3.22. The second-order valence-corrected chi connectivity index (χ2v) is 7.59. The van der Waals surface area contributed by atoms with Gasteiger partial charge in [0.2, 0.25) is 5.95 Å². The van der Waals surface area contributed by atoms with E-state index in [9.17, 15) is 0 Å². The van der Waals surface area contributed by atoms with Crippen LogP contribution in [0.15, 0.2) is 6.07 Å². The van der Waals surface area contributed by atoms with E-state index in [1.165, 1.54) is 25.7 Å². The van der Waals surface area contributed by atoms with Crippen molar-refractivity contribution in [2.24, 2.45) is 0 Å². The molecule has 4 rings (SSSR count). The Bertz CT molecular complexity index is 606. The summed E-state index contributed by atoms with van der Waals surface area (Å²) in [4.78, 5) is 13.9. The van der Waals surface area contributed by atoms with Crippen LogP contribution >= 0.6 is 12.2 Å². The van der Waals surface area contributed by atoms with Gasteiger partial charge >= 0.3 is 0 Å². The molecule has 1 aliphatic carbocycles. The predicted octanol–water partition coefficient (Wildman–Crippen LogP) is 1.38. The van der Waals surface area contributed by atoms with Crippen LogP contribution in [0.3, 0.4) is 0 Å². The van der Waals surface area contributed by atoms with Crippen molar-refractivity contribution < 1.29 is 9.47 Å². The fourth-order valence-corrected chi connectivity index (χ4v) is 4.04. The summed E-state index contributed by atoms with van der Waals surface area (Å²) in [6.07, 6.45) is 4.89. The number of anilines is 3. The van der Waals surface area contributed by atoms with Crippen LogP contribution in [0.5, 0.6) is 0 Å². The summed E-state index contributed by atoms with van der Waals surface area (Å²) in [5.41, 5.74) is 0. The summed E-state index contributed by atoms with van der Waals surface area (Å²) in [6, 6.07) is 2.53. The van der Waals surface area contributed by atoms with Crippen molar-refractivity contribution in [1.82, 2.24) is 15.3 Å². The van der Waals surface area contributed by atoms with E-state index in [4.69, 9.17) is 31.7 Å². The first-order valence-corrected chi connectivity index (χ1v) is 10.3. The van der Waals surface area contributed by atoms with Crippen LogP contribution in [0.2, 0.25) is 0 Å². The highest BCUT2D eigenvalue weighted by molar-refractivity contribution is 7.80. The zero-order chi connectivity index (χ0) is 18.5. The number of nitrogens with one attached hydrogen (secondary N) is 2. The number of nitrogens with zero attached hydrogens (tertiary/aromatic N) is 4. The largest absolute Gasteiger partial charge is 0.378 e. The Morgan fingerprint density at radius 2 is 1.44 bits per heavy atom. The minimum absolute atomic E-state index is 0.464. The van der Waals surface area contributed by atoms with Gasteiger partial charge in [0, 0.05) is 38.3 Å². The third kappa shape index (κ3) is 4.97. The molecule has 27 heavy (non-hydrogen) atoms. The van der Waals surface area contributed by atoms with Gasteiger partial charge < -0.3 is 29.9 Å². The molecule has 3 fully saturated rings. The SMILES string of the molecule is S=C(Nc1nc(N2CCOCC2)cc(N2CCOCC2)n1)NC1CCCC1. The monoisotopic (exact) mass is 392 g/mol. The number of aromatic nitrogens is 2. The van der Waals surface area contributed by atoms with Crippen LogP contribution in [0, 0.1) is 0 Å². The number of morpholine rings is 2. The summed E-state index contributed by atoms with van der Waals surface area (Å²) in [5, 5.41) is 7.21. The Morgan fingerprint density at radius 3 is 1.96 bits per heavy atom. The van der Waals surface area contributed by atoms with Crippen molar-refractivity contribution in [3.63, 3.8) is 0 Å². The molecule has 2 saturated heterocycles. The fourth-order valence-electron chi connectivity index (χ4n) is 3.78. The molecule has 1 saturated carbocycles. The molecule has 0 radical (unpaired) electrons. The van der Waals surface area contributed by atoms with Gasteiger partial charge in [0.15, 0.2) is 5.11 Å². The second kappa shape index (κ2) is 8.99. The normalized spacial score (nSPS) is 21.3. The Kier molecular flexibility index (Phi) is 6.21. The summed E-state index contributed by atoms with van der Waals surface area (Å²) in [6.45, 7) is 6.24. The Balaban J connectivity index is 1.51. The van der Waals surface area contributed by atoms with Gasteiger partial charge in [-0.2, -0.15) is 9.97 Å². The van der Waals surface area contributed by atoms with Gasteiger partial charge in [-0.25, -0.2) is 0 Å². The lowest BCUT2D eigenvalue weighted by atomic mass is 10.3. The molecule has 0 aromatic carbocycles. The molecule has 0 bridgehead atoms. The minimum Gasteiger partial charge on any atom is -0.378 e. The highest BCUT2D eigenvalue weighted by atomic mass is 32.1. The lowest BCUT2D eigenvalue weighted by molar-refractivity contribution is 0.122. The van der Waals surface area contributed by atoms with Crippen LogP contribution in [0.25, 0.3) is 0 Å². The van der Waals surface area contributed by atoms with E-state index in [0.29, 0.717) is 17.1 Å². The van der Waals surface area contributed by atoms with E-state index in [1.54, 1.807) is 0 Å². The highest BCUT2D eigenvalue weighted by Crippen LogP contribution is 2.23. The Morgan fingerprint density at radius 1 is 0.926 bits per heavy atom. The molecule has 0 atom stereocenters. The van der Waals surface area contributed by atoms with Gasteiger partial charge in [-0.3, -0.25) is 0 Å². The summed E-state index contributed by atoms with van der Waals surface area (Å²) >= 11 is 5.50. The van der Waals surface area contributed by atoms with Crippen molar-refractivity contribution >= 4 is 34.9 Å². The third-order valence-electron chi connectivity index (χ3n) is 5.28. The second-order valence-electron chi connectivity index (χ2n) is 7.19. The average molecular weight is 393 g/mol. The first-order chi connectivity index (χ1) is 13.3. The zero-order valence-electron chi connectivity index (χ0n) is 15.7. The van der Waals surface area contributed by atoms with Crippen LogP contribution < -0.4 is 20.4 Å². The van der Waals surface area contributed by atoms with E-state index in [2.05, 4.69) is 26.5 Å². The first-order valence-electron chi connectivity index (χ1n) is 9.90. The molecule has 148 valence electrons. The first kappa shape index (κ1) is 18.6. The summed E-state index contributed by atoms with van der Waals surface area (Å²) in [5.74, 6) is 2.39. The van der Waals surface area contributed by atoms with E-state index < -0.39 is 0 Å². The molecule has 0 spiro atoms. The number of ether oxygens (including phenoxy) is 2. The van der Waals surface area contributed by atoms with Crippen molar-refractivity contribution in [3.05, 3.63) is 6.07 Å². The highest BCUT2D eigenvalue weighted by Gasteiger charge is 2.20. The Hall–Kier alpha value is -1.71. The van der Waals surface area contributed by atoms with E-state index in [1.807, 2.05) is 0 Å². The number of rotatable bonds is 4. The summed E-state index contributed by atoms with van der Waals surface area (Å²) < 4.78 is 11.0. The molecular weight excluding hydrogens is 364 g/mol. The molecule has 1 aromatic heterocycles. The van der Waals surface area contributed by atoms with E-state index >= 15 is 0 Å². The third-order valence-corrected chi connectivity index (χ3v) is 5.50. The van der Waals surface area contributed by atoms with Gasteiger partial charge in [-0.05, 0) is 25.1 Å². The minimum atomic E-state index is 0.464. The predicted molar refractivity (Wildman–Crippen MR) is 110 cm³/mol. The lowest BCUT2D eigenvalue weighted by Crippen LogP contribution is -2.40. The molecule has 9 heteroatoms. The van der Waals surface area contributed by atoms with Gasteiger partial charge in [0.05, 0.1) is 26.4 Å². The zero-order valence-corrected chi connectivity index (χ0v) is 16.5. The molecule has 8 nitrogen and oxygen atoms in total. The lowest BCUT2D eigenvalue weighted by Gasteiger charge is -2.31. The topological polar surface area (TPSA) is 74.8 Å². The van der Waals surface area contributed by atoms with Crippen molar-refractivity contribution in [3.8, 4) is 0 Å². The van der Waals surface area contributed by atoms with Gasteiger partial charge in [-0.1, -0.05) is 12.8 Å². The fraction of sp³-hybridized carbons (Fsp3) is 0.722. The van der Waals surface area contributed by atoms with Crippen molar-refractivity contribution in [2.75, 3.05) is 67.7 Å². The number of hydrogen-bond acceptors (Lipinski definition) is 7. The standard InChI is InChI=1S/C18H28N6O2S/c27-18(19-14-3-1-2-4-14)22-17-20-15(23-5-9-25-10-6-23)13-16(21-17)24-7-11-26-12-8-24/h13-14H,1-12H2,(H2,19,20,21,22,27). The maximum atomic E-state index is 5.50. The van der Waals surface area contributed by atoms with Crippen LogP contribution in [0.1, 0.15) is 25.7 Å². The molecule has 3 aliphatic rings. The molecule has 2 aliphatic heterocycles. The van der Waals surface area contributed by atoms with Gasteiger partial charge in [0.1, 0.15) is 11.6 Å². The Labute approximate surface area is 165 Å². The van der Waals surface area contributed by atoms with E-state index in [0.717, 1.165) is 64.2 Å². The molecule has 3 heterocycles.